The van der Waals surface area contributed by atoms with E-state index in [2.05, 4.69) is 63.7 Å². The minimum Gasteiger partial charge on any atom is -0.373 e. The van der Waals surface area contributed by atoms with Crippen LogP contribution in [0.15, 0.2) is 53.0 Å². The highest BCUT2D eigenvalue weighted by Crippen LogP contribution is 2.35. The number of benzene rings is 2. The van der Waals surface area contributed by atoms with Gasteiger partial charge in [-0.2, -0.15) is 0 Å². The SMILES string of the molecule is CNC(CC1OCCc2ccccc21)c1ccccc1Br. The van der Waals surface area contributed by atoms with Gasteiger partial charge in [0.15, 0.2) is 0 Å². The zero-order valence-electron chi connectivity index (χ0n) is 12.2. The number of fused-ring (bicyclic) bond motifs is 1. The maximum Gasteiger partial charge on any atom is 0.0845 e. The Morgan fingerprint density at radius 2 is 1.95 bits per heavy atom. The van der Waals surface area contributed by atoms with Gasteiger partial charge in [0.2, 0.25) is 0 Å². The lowest BCUT2D eigenvalue weighted by Crippen LogP contribution is -2.24. The summed E-state index contributed by atoms with van der Waals surface area (Å²) in [6.45, 7) is 0.814. The molecular formula is C18H20BrNO. The lowest BCUT2D eigenvalue weighted by molar-refractivity contribution is 0.0298. The Morgan fingerprint density at radius 1 is 1.19 bits per heavy atom. The van der Waals surface area contributed by atoms with Crippen LogP contribution in [0.1, 0.15) is 35.3 Å². The van der Waals surface area contributed by atoms with Crippen LogP contribution in [0.2, 0.25) is 0 Å². The average Bonchev–Trinajstić information content (AvgIpc) is 2.53. The summed E-state index contributed by atoms with van der Waals surface area (Å²) in [7, 11) is 2.01. The van der Waals surface area contributed by atoms with Gasteiger partial charge in [-0.3, -0.25) is 0 Å². The maximum atomic E-state index is 6.04. The van der Waals surface area contributed by atoms with Crippen LogP contribution in [0, 0.1) is 0 Å². The summed E-state index contributed by atoms with van der Waals surface area (Å²) in [5.41, 5.74) is 4.05. The van der Waals surface area contributed by atoms with E-state index in [0.29, 0.717) is 0 Å². The fourth-order valence-corrected chi connectivity index (χ4v) is 3.61. The Bertz CT molecular complexity index is 614. The standard InChI is InChI=1S/C18H20BrNO/c1-20-17(15-8-4-5-9-16(15)19)12-18-14-7-3-2-6-13(14)10-11-21-18/h2-9,17-18,20H,10-12H2,1H3. The number of nitrogens with one attached hydrogen (secondary N) is 1. The summed E-state index contributed by atoms with van der Waals surface area (Å²) in [5.74, 6) is 0. The number of rotatable bonds is 4. The molecule has 2 atom stereocenters. The van der Waals surface area contributed by atoms with E-state index in [4.69, 9.17) is 4.74 Å². The van der Waals surface area contributed by atoms with Gasteiger partial charge < -0.3 is 10.1 Å². The van der Waals surface area contributed by atoms with Crippen molar-refractivity contribution in [3.8, 4) is 0 Å². The van der Waals surface area contributed by atoms with Crippen molar-refractivity contribution in [3.05, 3.63) is 69.7 Å². The molecule has 21 heavy (non-hydrogen) atoms. The van der Waals surface area contributed by atoms with E-state index in [0.717, 1.165) is 23.9 Å². The summed E-state index contributed by atoms with van der Waals surface area (Å²) in [6, 6.07) is 17.3. The smallest absolute Gasteiger partial charge is 0.0845 e. The average molecular weight is 346 g/mol. The molecule has 0 aliphatic carbocycles. The maximum absolute atomic E-state index is 6.04. The van der Waals surface area contributed by atoms with Gasteiger partial charge in [0.1, 0.15) is 0 Å². The summed E-state index contributed by atoms with van der Waals surface area (Å²) in [6.07, 6.45) is 2.13. The van der Waals surface area contributed by atoms with Gasteiger partial charge in [-0.25, -0.2) is 0 Å². The normalized spacial score (nSPS) is 19.0. The van der Waals surface area contributed by atoms with Crippen LogP contribution in [0.4, 0.5) is 0 Å². The zero-order valence-corrected chi connectivity index (χ0v) is 13.8. The van der Waals surface area contributed by atoms with Gasteiger partial charge >= 0.3 is 0 Å². The number of ether oxygens (including phenoxy) is 1. The predicted molar refractivity (Wildman–Crippen MR) is 89.4 cm³/mol. The number of hydrogen-bond donors (Lipinski definition) is 1. The van der Waals surface area contributed by atoms with Crippen LogP contribution in [-0.4, -0.2) is 13.7 Å². The van der Waals surface area contributed by atoms with Gasteiger partial charge in [0, 0.05) is 10.5 Å². The first-order chi connectivity index (χ1) is 10.3. The van der Waals surface area contributed by atoms with Crippen molar-refractivity contribution in [2.24, 2.45) is 0 Å². The minimum atomic E-state index is 0.166. The molecule has 0 saturated carbocycles. The van der Waals surface area contributed by atoms with E-state index in [1.807, 2.05) is 13.1 Å². The Balaban J connectivity index is 1.84. The van der Waals surface area contributed by atoms with Gasteiger partial charge in [0.25, 0.3) is 0 Å². The van der Waals surface area contributed by atoms with Crippen LogP contribution >= 0.6 is 15.9 Å². The van der Waals surface area contributed by atoms with Crippen LogP contribution in [0.25, 0.3) is 0 Å². The lowest BCUT2D eigenvalue weighted by Gasteiger charge is -2.29. The monoisotopic (exact) mass is 345 g/mol. The first-order valence-electron chi connectivity index (χ1n) is 7.40. The van der Waals surface area contributed by atoms with Gasteiger partial charge in [-0.1, -0.05) is 58.4 Å². The Hall–Kier alpha value is -1.16. The molecule has 110 valence electrons. The van der Waals surface area contributed by atoms with E-state index in [9.17, 15) is 0 Å². The van der Waals surface area contributed by atoms with Crippen molar-refractivity contribution in [2.45, 2.75) is 25.0 Å². The fourth-order valence-electron chi connectivity index (χ4n) is 3.04. The molecule has 1 aliphatic heterocycles. The summed E-state index contributed by atoms with van der Waals surface area (Å²) in [5, 5.41) is 3.43. The predicted octanol–water partition coefficient (Wildman–Crippen LogP) is 4.41. The largest absolute Gasteiger partial charge is 0.373 e. The second kappa shape index (κ2) is 6.73. The molecule has 2 nitrogen and oxygen atoms in total. The fraction of sp³-hybridized carbons (Fsp3) is 0.333. The highest BCUT2D eigenvalue weighted by Gasteiger charge is 2.24. The molecule has 1 N–H and O–H groups in total. The van der Waals surface area contributed by atoms with E-state index < -0.39 is 0 Å². The molecule has 0 fully saturated rings. The van der Waals surface area contributed by atoms with E-state index in [1.54, 1.807) is 0 Å². The summed E-state index contributed by atoms with van der Waals surface area (Å²) in [4.78, 5) is 0. The van der Waals surface area contributed by atoms with Gasteiger partial charge in [0.05, 0.1) is 12.7 Å². The van der Waals surface area contributed by atoms with Crippen LogP contribution in [-0.2, 0) is 11.2 Å². The Morgan fingerprint density at radius 3 is 2.76 bits per heavy atom. The molecule has 1 aliphatic rings. The molecule has 3 heteroatoms. The van der Waals surface area contributed by atoms with E-state index in [-0.39, 0.29) is 12.1 Å². The van der Waals surface area contributed by atoms with Crippen LogP contribution in [0.5, 0.6) is 0 Å². The Kier molecular flexibility index (Phi) is 4.73. The highest BCUT2D eigenvalue weighted by atomic mass is 79.9. The molecule has 3 rings (SSSR count). The molecule has 0 aromatic heterocycles. The molecule has 2 aromatic rings. The molecule has 0 spiro atoms. The molecule has 0 amide bonds. The molecule has 0 radical (unpaired) electrons. The zero-order chi connectivity index (χ0) is 14.7. The minimum absolute atomic E-state index is 0.166. The van der Waals surface area contributed by atoms with Gasteiger partial charge in [-0.05, 0) is 42.6 Å². The van der Waals surface area contributed by atoms with Crippen molar-refractivity contribution >= 4 is 15.9 Å². The number of halogens is 1. The van der Waals surface area contributed by atoms with Crippen LogP contribution < -0.4 is 5.32 Å². The molecular weight excluding hydrogens is 326 g/mol. The third-order valence-corrected chi connectivity index (χ3v) is 4.89. The second-order valence-corrected chi connectivity index (χ2v) is 6.26. The van der Waals surface area contributed by atoms with E-state index in [1.165, 1.54) is 16.7 Å². The quantitative estimate of drug-likeness (QED) is 0.885. The van der Waals surface area contributed by atoms with Gasteiger partial charge in [-0.15, -0.1) is 0 Å². The first-order valence-corrected chi connectivity index (χ1v) is 8.20. The molecule has 2 unspecified atom stereocenters. The Labute approximate surface area is 134 Å². The lowest BCUT2D eigenvalue weighted by atomic mass is 9.91. The van der Waals surface area contributed by atoms with Crippen molar-refractivity contribution in [3.63, 3.8) is 0 Å². The third-order valence-electron chi connectivity index (χ3n) is 4.17. The number of hydrogen-bond acceptors (Lipinski definition) is 2. The third kappa shape index (κ3) is 3.20. The molecule has 1 heterocycles. The van der Waals surface area contributed by atoms with Crippen LogP contribution in [0.3, 0.4) is 0 Å². The first kappa shape index (κ1) is 14.8. The second-order valence-electron chi connectivity index (χ2n) is 5.41. The molecule has 0 bridgehead atoms. The van der Waals surface area contributed by atoms with Crippen molar-refractivity contribution in [1.82, 2.24) is 5.32 Å². The summed E-state index contributed by atoms with van der Waals surface area (Å²) >= 11 is 3.65. The van der Waals surface area contributed by atoms with E-state index >= 15 is 0 Å². The van der Waals surface area contributed by atoms with Crippen molar-refractivity contribution in [1.29, 1.82) is 0 Å². The van der Waals surface area contributed by atoms with Crippen molar-refractivity contribution < 1.29 is 4.74 Å². The molecule has 2 aromatic carbocycles. The topological polar surface area (TPSA) is 21.3 Å². The highest BCUT2D eigenvalue weighted by molar-refractivity contribution is 9.10. The van der Waals surface area contributed by atoms with Crippen molar-refractivity contribution in [2.75, 3.05) is 13.7 Å². The molecule has 0 saturated heterocycles. The summed E-state index contributed by atoms with van der Waals surface area (Å²) < 4.78 is 7.19.